The van der Waals surface area contributed by atoms with Gasteiger partial charge in [0.1, 0.15) is 12.4 Å². The van der Waals surface area contributed by atoms with E-state index >= 15 is 0 Å². The normalized spacial score (nSPS) is 10.8. The topological polar surface area (TPSA) is 68.5 Å². The van der Waals surface area contributed by atoms with Crippen LogP contribution in [0, 0.1) is 12.7 Å². The molecule has 0 bridgehead atoms. The van der Waals surface area contributed by atoms with Gasteiger partial charge in [-0.2, -0.15) is 0 Å². The summed E-state index contributed by atoms with van der Waals surface area (Å²) in [6.45, 7) is 1.46. The van der Waals surface area contributed by atoms with E-state index in [4.69, 9.17) is 9.84 Å². The van der Waals surface area contributed by atoms with E-state index < -0.39 is 0 Å². The van der Waals surface area contributed by atoms with E-state index in [1.54, 1.807) is 26.1 Å². The van der Waals surface area contributed by atoms with Crippen LogP contribution in [0.4, 0.5) is 4.39 Å². The van der Waals surface area contributed by atoms with E-state index in [9.17, 15) is 14.0 Å². The maximum Gasteiger partial charge on any atom is 0.250 e. The second kappa shape index (κ2) is 7.99. The molecule has 0 atom stereocenters. The summed E-state index contributed by atoms with van der Waals surface area (Å²) in [5.41, 5.74) is 1.68. The van der Waals surface area contributed by atoms with Gasteiger partial charge in [0.15, 0.2) is 5.78 Å². The molecule has 1 aromatic carbocycles. The van der Waals surface area contributed by atoms with Crippen molar-refractivity contribution in [3.63, 3.8) is 0 Å². The smallest absolute Gasteiger partial charge is 0.250 e. The molecule has 1 N–H and O–H groups in total. The Hall–Kier alpha value is -2.31. The van der Waals surface area contributed by atoms with Gasteiger partial charge in [-0.05, 0) is 30.2 Å². The van der Waals surface area contributed by atoms with Crippen LogP contribution in [0.2, 0.25) is 0 Å². The lowest BCUT2D eigenvalue weighted by atomic mass is 10.0. The number of carbonyl (C=O) groups excluding carboxylic acids is 1. The molecule has 0 fully saturated rings. The van der Waals surface area contributed by atoms with Gasteiger partial charge in [-0.3, -0.25) is 9.59 Å². The van der Waals surface area contributed by atoms with Crippen molar-refractivity contribution in [2.75, 3.05) is 19.8 Å². The van der Waals surface area contributed by atoms with Crippen molar-refractivity contribution in [1.29, 1.82) is 0 Å². The fourth-order valence-electron chi connectivity index (χ4n) is 2.43. The number of nitrogens with zero attached hydrogens (tertiary/aromatic N) is 1. The molecule has 0 radical (unpaired) electrons. The second-order valence-corrected chi connectivity index (χ2v) is 5.56. The Morgan fingerprint density at radius 1 is 1.29 bits per heavy atom. The van der Waals surface area contributed by atoms with Crippen molar-refractivity contribution in [2.45, 2.75) is 13.3 Å². The number of halogens is 1. The van der Waals surface area contributed by atoms with E-state index in [1.165, 1.54) is 22.8 Å². The number of Topliss-reactive ketones (excluding diaryl/α,β-unsaturated/α-hetero) is 1. The van der Waals surface area contributed by atoms with Gasteiger partial charge in [0.2, 0.25) is 0 Å². The SMILES string of the molecule is Cc1ccc(Cc2c(C(=O)COCCO)ccc(=O)n2C)c(F)c1. The molecule has 128 valence electrons. The number of ketones is 1. The van der Waals surface area contributed by atoms with Gasteiger partial charge in [0.25, 0.3) is 5.56 Å². The van der Waals surface area contributed by atoms with Gasteiger partial charge in [-0.25, -0.2) is 4.39 Å². The Bertz CT molecular complexity index is 798. The summed E-state index contributed by atoms with van der Waals surface area (Å²) in [5, 5.41) is 8.71. The number of pyridine rings is 1. The number of ether oxygens (including phenoxy) is 1. The van der Waals surface area contributed by atoms with Gasteiger partial charge in [0.05, 0.1) is 13.2 Å². The quantitative estimate of drug-likeness (QED) is 0.617. The highest BCUT2D eigenvalue weighted by Gasteiger charge is 2.17. The first-order chi connectivity index (χ1) is 11.4. The number of rotatable bonds is 7. The molecule has 0 spiro atoms. The van der Waals surface area contributed by atoms with Gasteiger partial charge < -0.3 is 14.4 Å². The Balaban J connectivity index is 2.38. The number of hydrogen-bond donors (Lipinski definition) is 1. The molecule has 0 aliphatic heterocycles. The van der Waals surface area contributed by atoms with Crippen molar-refractivity contribution >= 4 is 5.78 Å². The maximum absolute atomic E-state index is 14.1. The zero-order valence-electron chi connectivity index (χ0n) is 13.7. The molecule has 1 aromatic heterocycles. The van der Waals surface area contributed by atoms with Crippen LogP contribution in [0.25, 0.3) is 0 Å². The summed E-state index contributed by atoms with van der Waals surface area (Å²) in [6.07, 6.45) is 0.125. The van der Waals surface area contributed by atoms with Gasteiger partial charge >= 0.3 is 0 Å². The van der Waals surface area contributed by atoms with Crippen molar-refractivity contribution in [3.8, 4) is 0 Å². The average molecular weight is 333 g/mol. The van der Waals surface area contributed by atoms with Crippen LogP contribution >= 0.6 is 0 Å². The molecule has 24 heavy (non-hydrogen) atoms. The van der Waals surface area contributed by atoms with Crippen molar-refractivity contribution in [3.05, 3.63) is 68.9 Å². The highest BCUT2D eigenvalue weighted by molar-refractivity contribution is 5.98. The van der Waals surface area contributed by atoms with Crippen LogP contribution in [-0.2, 0) is 18.2 Å². The Kier molecular flexibility index (Phi) is 6.00. The molecule has 0 aliphatic rings. The molecule has 1 heterocycles. The minimum absolute atomic E-state index is 0.0550. The predicted octanol–water partition coefficient (Wildman–Crippen LogP) is 1.62. The monoisotopic (exact) mass is 333 g/mol. The molecule has 0 saturated carbocycles. The first kappa shape index (κ1) is 18.0. The number of aliphatic hydroxyl groups excluding tert-OH is 1. The summed E-state index contributed by atoms with van der Waals surface area (Å²) in [4.78, 5) is 24.2. The molecule has 0 amide bonds. The van der Waals surface area contributed by atoms with E-state index in [0.29, 0.717) is 16.8 Å². The third kappa shape index (κ3) is 4.15. The van der Waals surface area contributed by atoms with Crippen LogP contribution in [-0.4, -0.2) is 35.3 Å². The molecule has 5 nitrogen and oxygen atoms in total. The number of aliphatic hydroxyl groups is 1. The lowest BCUT2D eigenvalue weighted by Gasteiger charge is -2.14. The molecule has 2 aromatic rings. The van der Waals surface area contributed by atoms with Gasteiger partial charge in [-0.1, -0.05) is 12.1 Å². The lowest BCUT2D eigenvalue weighted by molar-refractivity contribution is 0.0662. The fraction of sp³-hybridized carbons (Fsp3) is 0.333. The standard InChI is InChI=1S/C18H20FNO4/c1-12-3-4-13(15(19)9-12)10-16-14(5-6-18(23)20(16)2)17(22)11-24-8-7-21/h3-6,9,21H,7-8,10-11H2,1-2H3. The minimum atomic E-state index is -0.374. The Morgan fingerprint density at radius 3 is 2.71 bits per heavy atom. The number of aryl methyl sites for hydroxylation is 1. The molecule has 0 aliphatic carbocycles. The molecular formula is C18H20FNO4. The summed E-state index contributed by atoms with van der Waals surface area (Å²) in [7, 11) is 1.55. The minimum Gasteiger partial charge on any atom is -0.394 e. The Morgan fingerprint density at radius 2 is 2.04 bits per heavy atom. The molecule has 2 rings (SSSR count). The molecule has 0 saturated heterocycles. The van der Waals surface area contributed by atoms with Crippen LogP contribution in [0.15, 0.2) is 35.1 Å². The number of hydrogen-bond acceptors (Lipinski definition) is 4. The largest absolute Gasteiger partial charge is 0.394 e. The van der Waals surface area contributed by atoms with Crippen molar-refractivity contribution in [2.24, 2.45) is 7.05 Å². The summed E-state index contributed by atoms with van der Waals surface area (Å²) in [6, 6.07) is 7.59. The van der Waals surface area contributed by atoms with E-state index in [1.807, 2.05) is 0 Å². The number of aromatic nitrogens is 1. The third-order valence-corrected chi connectivity index (χ3v) is 3.77. The lowest BCUT2D eigenvalue weighted by Crippen LogP contribution is -2.24. The van der Waals surface area contributed by atoms with Crippen LogP contribution < -0.4 is 5.56 Å². The predicted molar refractivity (Wildman–Crippen MR) is 87.9 cm³/mol. The van der Waals surface area contributed by atoms with Crippen LogP contribution in [0.1, 0.15) is 27.2 Å². The van der Waals surface area contributed by atoms with E-state index in [2.05, 4.69) is 0 Å². The summed E-state index contributed by atoms with van der Waals surface area (Å²) >= 11 is 0. The molecule has 6 heteroatoms. The third-order valence-electron chi connectivity index (χ3n) is 3.77. The number of carbonyl (C=O) groups is 1. The molecule has 0 unspecified atom stereocenters. The van der Waals surface area contributed by atoms with Crippen molar-refractivity contribution < 1.29 is 19.0 Å². The average Bonchev–Trinajstić information content (AvgIpc) is 2.54. The summed E-state index contributed by atoms with van der Waals surface area (Å²) < 4.78 is 20.5. The zero-order chi connectivity index (χ0) is 17.7. The zero-order valence-corrected chi connectivity index (χ0v) is 13.7. The molecular weight excluding hydrogens is 313 g/mol. The van der Waals surface area contributed by atoms with Gasteiger partial charge in [0, 0.05) is 30.8 Å². The van der Waals surface area contributed by atoms with Crippen molar-refractivity contribution in [1.82, 2.24) is 4.57 Å². The Labute approximate surface area is 139 Å². The van der Waals surface area contributed by atoms with Crippen LogP contribution in [0.3, 0.4) is 0 Å². The summed E-state index contributed by atoms with van der Waals surface area (Å²) in [5.74, 6) is -0.692. The highest BCUT2D eigenvalue weighted by Crippen LogP contribution is 2.17. The second-order valence-electron chi connectivity index (χ2n) is 5.56. The fourth-order valence-corrected chi connectivity index (χ4v) is 2.43. The first-order valence-electron chi connectivity index (χ1n) is 7.59. The first-order valence-corrected chi connectivity index (χ1v) is 7.59. The van der Waals surface area contributed by atoms with E-state index in [0.717, 1.165) is 5.56 Å². The highest BCUT2D eigenvalue weighted by atomic mass is 19.1. The van der Waals surface area contributed by atoms with E-state index in [-0.39, 0.29) is 43.4 Å². The van der Waals surface area contributed by atoms with Gasteiger partial charge in [-0.15, -0.1) is 0 Å². The van der Waals surface area contributed by atoms with Crippen LogP contribution in [0.5, 0.6) is 0 Å². The number of benzene rings is 1. The maximum atomic E-state index is 14.1.